The number of rotatable bonds is 8. The Labute approximate surface area is 162 Å². The molecule has 5 nitrogen and oxygen atoms in total. The lowest BCUT2D eigenvalue weighted by atomic mass is 9.97. The van der Waals surface area contributed by atoms with Crippen molar-refractivity contribution in [3.8, 4) is 0 Å². The molecule has 2 rings (SSSR count). The third kappa shape index (κ3) is 7.83. The zero-order valence-electron chi connectivity index (χ0n) is 16.6. The summed E-state index contributed by atoms with van der Waals surface area (Å²) in [5.74, 6) is -0.260. The van der Waals surface area contributed by atoms with Gasteiger partial charge in [0.2, 0.25) is 0 Å². The first-order chi connectivity index (χ1) is 12.9. The summed E-state index contributed by atoms with van der Waals surface area (Å²) in [5, 5.41) is 10.6. The second kappa shape index (κ2) is 10.6. The molecule has 0 radical (unpaired) electrons. The summed E-state index contributed by atoms with van der Waals surface area (Å²) < 4.78 is 17.0. The predicted octanol–water partition coefficient (Wildman–Crippen LogP) is 3.95. The minimum Gasteiger partial charge on any atom is -0.465 e. The van der Waals surface area contributed by atoms with Gasteiger partial charge < -0.3 is 19.3 Å². The molecule has 1 heterocycles. The van der Waals surface area contributed by atoms with Crippen LogP contribution >= 0.6 is 0 Å². The summed E-state index contributed by atoms with van der Waals surface area (Å²) in [4.78, 5) is 12.0. The predicted molar refractivity (Wildman–Crippen MR) is 105 cm³/mol. The molecule has 1 saturated heterocycles. The molecule has 3 atom stereocenters. The van der Waals surface area contributed by atoms with E-state index >= 15 is 0 Å². The molecule has 1 fully saturated rings. The van der Waals surface area contributed by atoms with Crippen molar-refractivity contribution < 1.29 is 24.1 Å². The van der Waals surface area contributed by atoms with E-state index in [2.05, 4.69) is 0 Å². The van der Waals surface area contributed by atoms with E-state index in [0.717, 1.165) is 24.8 Å². The maximum absolute atomic E-state index is 12.0. The minimum atomic E-state index is -0.816. The van der Waals surface area contributed by atoms with Crippen molar-refractivity contribution in [1.29, 1.82) is 0 Å². The molecular weight excluding hydrogens is 344 g/mol. The molecule has 27 heavy (non-hydrogen) atoms. The first-order valence-electron chi connectivity index (χ1n) is 9.72. The molecule has 5 heteroatoms. The first kappa shape index (κ1) is 21.6. The molecule has 1 aliphatic heterocycles. The van der Waals surface area contributed by atoms with Gasteiger partial charge in [-0.05, 0) is 45.6 Å². The molecule has 150 valence electrons. The summed E-state index contributed by atoms with van der Waals surface area (Å²) in [7, 11) is 0. The van der Waals surface area contributed by atoms with Crippen LogP contribution in [-0.2, 0) is 19.0 Å². The molecule has 0 aromatic heterocycles. The fraction of sp³-hybridized carbons (Fsp3) is 0.591. The monoisotopic (exact) mass is 376 g/mol. The highest BCUT2D eigenvalue weighted by Gasteiger charge is 2.27. The van der Waals surface area contributed by atoms with Crippen LogP contribution in [0.1, 0.15) is 52.0 Å². The maximum atomic E-state index is 12.0. The Balaban J connectivity index is 1.95. The number of carbonyl (C=O) groups excluding carboxylic acids is 1. The molecule has 1 N–H and O–H groups in total. The zero-order chi connectivity index (χ0) is 19.7. The van der Waals surface area contributed by atoms with E-state index in [1.165, 1.54) is 0 Å². The molecule has 1 aromatic rings. The lowest BCUT2D eigenvalue weighted by molar-refractivity contribution is -0.205. The van der Waals surface area contributed by atoms with Crippen LogP contribution in [0.4, 0.5) is 0 Å². The topological polar surface area (TPSA) is 65.0 Å². The molecule has 1 aliphatic rings. The highest BCUT2D eigenvalue weighted by Crippen LogP contribution is 2.20. The Morgan fingerprint density at radius 3 is 2.67 bits per heavy atom. The normalized spacial score (nSPS) is 20.4. The Bertz CT molecular complexity index is 584. The summed E-state index contributed by atoms with van der Waals surface area (Å²) in [6.07, 6.45) is 5.25. The van der Waals surface area contributed by atoms with Gasteiger partial charge in [-0.1, -0.05) is 42.5 Å². The Morgan fingerprint density at radius 1 is 1.30 bits per heavy atom. The van der Waals surface area contributed by atoms with Crippen LogP contribution in [-0.4, -0.2) is 42.8 Å². The average Bonchev–Trinajstić information content (AvgIpc) is 2.66. The van der Waals surface area contributed by atoms with Crippen molar-refractivity contribution in [2.24, 2.45) is 5.41 Å². The van der Waals surface area contributed by atoms with Gasteiger partial charge in [0.25, 0.3) is 0 Å². The lowest BCUT2D eigenvalue weighted by Gasteiger charge is -2.29. The van der Waals surface area contributed by atoms with Gasteiger partial charge in [-0.25, -0.2) is 0 Å². The summed E-state index contributed by atoms with van der Waals surface area (Å²) in [6, 6.07) is 9.77. The lowest BCUT2D eigenvalue weighted by Crippen LogP contribution is -2.36. The number of ether oxygens (including phenoxy) is 3. The van der Waals surface area contributed by atoms with E-state index in [-0.39, 0.29) is 18.9 Å². The molecule has 1 aromatic carbocycles. The van der Waals surface area contributed by atoms with Crippen molar-refractivity contribution in [2.45, 2.75) is 65.0 Å². The zero-order valence-corrected chi connectivity index (χ0v) is 16.6. The van der Waals surface area contributed by atoms with Crippen LogP contribution in [0.15, 0.2) is 36.4 Å². The number of aliphatic hydroxyl groups excluding tert-OH is 1. The van der Waals surface area contributed by atoms with Gasteiger partial charge in [0, 0.05) is 13.0 Å². The van der Waals surface area contributed by atoms with E-state index in [1.54, 1.807) is 6.08 Å². The SMILES string of the molecule is CC(C)(C)C(=O)OCC[C@H](OC1CCCCO1)[C@@H](O)/C=C/c1ccccc1. The number of esters is 1. The van der Waals surface area contributed by atoms with Crippen LogP contribution < -0.4 is 0 Å². The van der Waals surface area contributed by atoms with E-state index in [4.69, 9.17) is 14.2 Å². The average molecular weight is 376 g/mol. The quantitative estimate of drug-likeness (QED) is 0.696. The summed E-state index contributed by atoms with van der Waals surface area (Å²) in [6.45, 7) is 6.32. The van der Waals surface area contributed by atoms with E-state index in [9.17, 15) is 9.90 Å². The van der Waals surface area contributed by atoms with Crippen molar-refractivity contribution in [3.05, 3.63) is 42.0 Å². The van der Waals surface area contributed by atoms with Crippen molar-refractivity contribution >= 4 is 12.0 Å². The summed E-state index contributed by atoms with van der Waals surface area (Å²) in [5.41, 5.74) is 0.456. The number of aliphatic hydroxyl groups is 1. The third-order valence-electron chi connectivity index (χ3n) is 4.38. The first-order valence-corrected chi connectivity index (χ1v) is 9.72. The highest BCUT2D eigenvalue weighted by molar-refractivity contribution is 5.75. The van der Waals surface area contributed by atoms with Gasteiger partial charge in [0.1, 0.15) is 0 Å². The fourth-order valence-electron chi connectivity index (χ4n) is 2.71. The van der Waals surface area contributed by atoms with Crippen LogP contribution in [0.2, 0.25) is 0 Å². The van der Waals surface area contributed by atoms with Crippen molar-refractivity contribution in [1.82, 2.24) is 0 Å². The maximum Gasteiger partial charge on any atom is 0.311 e. The second-order valence-electron chi connectivity index (χ2n) is 7.91. The molecule has 0 saturated carbocycles. The minimum absolute atomic E-state index is 0.198. The van der Waals surface area contributed by atoms with Crippen molar-refractivity contribution in [3.63, 3.8) is 0 Å². The number of hydrogen-bond donors (Lipinski definition) is 1. The Morgan fingerprint density at radius 2 is 2.04 bits per heavy atom. The highest BCUT2D eigenvalue weighted by atomic mass is 16.7. The Hall–Kier alpha value is -1.69. The van der Waals surface area contributed by atoms with Crippen LogP contribution in [0, 0.1) is 5.41 Å². The second-order valence-corrected chi connectivity index (χ2v) is 7.91. The molecule has 0 aliphatic carbocycles. The van der Waals surface area contributed by atoms with Crippen LogP contribution in [0.25, 0.3) is 6.08 Å². The molecule has 0 spiro atoms. The van der Waals surface area contributed by atoms with Crippen molar-refractivity contribution in [2.75, 3.05) is 13.2 Å². The largest absolute Gasteiger partial charge is 0.465 e. The molecule has 0 amide bonds. The summed E-state index contributed by atoms with van der Waals surface area (Å²) >= 11 is 0. The molecular formula is C22H32O5. The van der Waals surface area contributed by atoms with Gasteiger partial charge in [-0.3, -0.25) is 4.79 Å². The number of benzene rings is 1. The van der Waals surface area contributed by atoms with E-state index in [0.29, 0.717) is 13.0 Å². The van der Waals surface area contributed by atoms with Gasteiger partial charge in [0.15, 0.2) is 6.29 Å². The van der Waals surface area contributed by atoms with Gasteiger partial charge in [0.05, 0.1) is 24.2 Å². The van der Waals surface area contributed by atoms with Gasteiger partial charge in [-0.2, -0.15) is 0 Å². The molecule has 0 bridgehead atoms. The Kier molecular flexibility index (Phi) is 8.48. The van der Waals surface area contributed by atoms with E-state index < -0.39 is 17.6 Å². The van der Waals surface area contributed by atoms with Crippen LogP contribution in [0.3, 0.4) is 0 Å². The standard InChI is InChI=1S/C22H32O5/c1-22(2,3)21(24)26-16-14-19(27-20-11-7-8-15-25-20)18(23)13-12-17-9-5-4-6-10-17/h4-6,9-10,12-13,18-20,23H,7-8,11,14-16H2,1-3H3/b13-12+/t18-,19-,20?/m0/s1. The van der Waals surface area contributed by atoms with E-state index in [1.807, 2.05) is 57.2 Å². The smallest absolute Gasteiger partial charge is 0.311 e. The number of carbonyl (C=O) groups is 1. The van der Waals surface area contributed by atoms with Gasteiger partial charge in [-0.15, -0.1) is 0 Å². The molecule has 1 unspecified atom stereocenters. The third-order valence-corrected chi connectivity index (χ3v) is 4.38. The number of hydrogen-bond acceptors (Lipinski definition) is 5. The fourth-order valence-corrected chi connectivity index (χ4v) is 2.71. The van der Waals surface area contributed by atoms with Gasteiger partial charge >= 0.3 is 5.97 Å². The van der Waals surface area contributed by atoms with Crippen LogP contribution in [0.5, 0.6) is 0 Å².